The van der Waals surface area contributed by atoms with Crippen LogP contribution < -0.4 is 0 Å². The van der Waals surface area contributed by atoms with Gasteiger partial charge in [-0.25, -0.2) is 9.97 Å². The molecule has 354 valence electrons. The molecule has 1 aliphatic carbocycles. The Labute approximate surface area is 438 Å². The van der Waals surface area contributed by atoms with Crippen molar-refractivity contribution in [2.45, 2.75) is 32.4 Å². The Morgan fingerprint density at radius 1 is 0.427 bits per heavy atom. The minimum Gasteiger partial charge on any atom is -0.309 e. The standard InChI is InChI=1S/C70H48N4S/c1-6-23-49(24-7-1)57-36-22-37-58(50-25-8-2-9-26-50)69(57)63-48-68(74-66-40-21-18-35-61(66)62-47-52(43-46-67(62)74)73-64-38-19-16-33-59(64)60-34-17-20-39-65(60)73)72-70(71-63)51-41-44-56(45-42-51)75(53-27-10-3-11-28-53,54-29-12-4-13-30-54)55-31-14-5-15-32-55/h1,3-8,10-20,22-39,41-48H,21,40H2. The van der Waals surface area contributed by atoms with Gasteiger partial charge in [-0.05, 0) is 132 Å². The fraction of sp³-hybridized carbons (Fsp3) is 0.0286. The first kappa shape index (κ1) is 44.2. The Kier molecular flexibility index (Phi) is 10.9. The Hall–Kier alpha value is -9.47. The summed E-state index contributed by atoms with van der Waals surface area (Å²) in [5.41, 5.74) is 14.2. The van der Waals surface area contributed by atoms with Crippen molar-refractivity contribution in [2.75, 3.05) is 0 Å². The molecule has 0 saturated heterocycles. The number of nitrogens with zero attached hydrogens (tertiary/aromatic N) is 4. The van der Waals surface area contributed by atoms with Crippen molar-refractivity contribution in [2.24, 2.45) is 0 Å². The zero-order chi connectivity index (χ0) is 49.7. The lowest BCUT2D eigenvalue weighted by Crippen LogP contribution is -2.08. The quantitative estimate of drug-likeness (QED) is 0.137. The molecule has 0 amide bonds. The summed E-state index contributed by atoms with van der Waals surface area (Å²) in [6, 6.07) is 98.5. The highest BCUT2D eigenvalue weighted by molar-refractivity contribution is 8.34. The number of hydrogen-bond donors (Lipinski definition) is 0. The van der Waals surface area contributed by atoms with Crippen molar-refractivity contribution in [1.82, 2.24) is 19.1 Å². The van der Waals surface area contributed by atoms with E-state index in [0.29, 0.717) is 5.82 Å². The van der Waals surface area contributed by atoms with Gasteiger partial charge in [0.15, 0.2) is 5.82 Å². The van der Waals surface area contributed by atoms with Gasteiger partial charge in [-0.3, -0.25) is 4.57 Å². The third kappa shape index (κ3) is 7.41. The summed E-state index contributed by atoms with van der Waals surface area (Å²) in [6.07, 6.45) is 6.45. The maximum absolute atomic E-state index is 5.67. The van der Waals surface area contributed by atoms with Gasteiger partial charge < -0.3 is 4.57 Å². The second-order valence-electron chi connectivity index (χ2n) is 19.0. The molecule has 0 fully saturated rings. The molecule has 0 atom stereocenters. The smallest absolute Gasteiger partial charge is 0.162 e. The zero-order valence-electron chi connectivity index (χ0n) is 41.0. The van der Waals surface area contributed by atoms with Crippen LogP contribution in [0.2, 0.25) is 0 Å². The molecule has 0 unspecified atom stereocenters. The summed E-state index contributed by atoms with van der Waals surface area (Å²) < 4.78 is 4.83. The highest BCUT2D eigenvalue weighted by Gasteiger charge is 2.33. The van der Waals surface area contributed by atoms with Crippen molar-refractivity contribution in [3.63, 3.8) is 0 Å². The second-order valence-corrected chi connectivity index (χ2v) is 22.1. The largest absolute Gasteiger partial charge is 0.309 e. The topological polar surface area (TPSA) is 35.6 Å². The fourth-order valence-corrected chi connectivity index (χ4v) is 15.4. The van der Waals surface area contributed by atoms with E-state index >= 15 is 0 Å². The number of aromatic nitrogens is 4. The molecule has 0 saturated carbocycles. The number of allylic oxidation sites excluding steroid dienone is 1. The van der Waals surface area contributed by atoms with Gasteiger partial charge in [0, 0.05) is 69.9 Å². The van der Waals surface area contributed by atoms with Gasteiger partial charge >= 0.3 is 0 Å². The van der Waals surface area contributed by atoms with Gasteiger partial charge in [-0.15, -0.1) is 10.0 Å². The molecule has 0 bridgehead atoms. The number of benzene rings is 9. The maximum Gasteiger partial charge on any atom is 0.162 e. The number of rotatable bonds is 10. The van der Waals surface area contributed by atoms with Crippen LogP contribution >= 0.6 is 10.0 Å². The molecular formula is C70H48N4S. The van der Waals surface area contributed by atoms with E-state index in [1.807, 2.05) is 12.1 Å². The van der Waals surface area contributed by atoms with E-state index in [9.17, 15) is 0 Å². The first-order valence-corrected chi connectivity index (χ1v) is 27.2. The third-order valence-electron chi connectivity index (χ3n) is 14.8. The van der Waals surface area contributed by atoms with Crippen molar-refractivity contribution >= 4 is 48.8 Å². The fourth-order valence-electron chi connectivity index (χ4n) is 11.6. The molecule has 3 heterocycles. The van der Waals surface area contributed by atoms with Crippen molar-refractivity contribution < 1.29 is 0 Å². The summed E-state index contributed by atoms with van der Waals surface area (Å²) in [4.78, 5) is 16.4. The molecule has 75 heavy (non-hydrogen) atoms. The van der Waals surface area contributed by atoms with E-state index in [1.54, 1.807) is 0 Å². The van der Waals surface area contributed by atoms with E-state index in [1.165, 1.54) is 58.0 Å². The molecule has 13 aromatic rings. The zero-order valence-corrected chi connectivity index (χ0v) is 41.8. The molecule has 3 aromatic heterocycles. The average molecular weight is 977 g/mol. The van der Waals surface area contributed by atoms with E-state index in [4.69, 9.17) is 9.97 Å². The molecule has 5 heteroatoms. The predicted molar refractivity (Wildman–Crippen MR) is 310 cm³/mol. The lowest BCUT2D eigenvalue weighted by Gasteiger charge is -2.42. The van der Waals surface area contributed by atoms with Crippen LogP contribution in [-0.2, 0) is 6.42 Å². The predicted octanol–water partition coefficient (Wildman–Crippen LogP) is 18.1. The van der Waals surface area contributed by atoms with Gasteiger partial charge in [0.05, 0.1) is 22.2 Å². The van der Waals surface area contributed by atoms with E-state index < -0.39 is 10.0 Å². The van der Waals surface area contributed by atoms with Crippen LogP contribution in [0.3, 0.4) is 0 Å². The van der Waals surface area contributed by atoms with Crippen LogP contribution in [0, 0.1) is 12.1 Å². The first-order chi connectivity index (χ1) is 37.2. The molecule has 14 rings (SSSR count). The van der Waals surface area contributed by atoms with Crippen LogP contribution in [0.5, 0.6) is 0 Å². The van der Waals surface area contributed by atoms with Crippen LogP contribution in [0.15, 0.2) is 280 Å². The van der Waals surface area contributed by atoms with Crippen LogP contribution in [-0.4, -0.2) is 19.1 Å². The Balaban J connectivity index is 1.02. The summed E-state index contributed by atoms with van der Waals surface area (Å²) in [6.45, 7) is 0. The molecule has 0 spiro atoms. The Bertz CT molecular complexity index is 4050. The summed E-state index contributed by atoms with van der Waals surface area (Å²) in [7, 11) is -1.92. The molecule has 4 nitrogen and oxygen atoms in total. The van der Waals surface area contributed by atoms with Crippen molar-refractivity contribution in [3.8, 4) is 56.4 Å². The molecule has 0 radical (unpaired) electrons. The van der Waals surface area contributed by atoms with Crippen LogP contribution in [0.4, 0.5) is 0 Å². The second kappa shape index (κ2) is 18.5. The Morgan fingerprint density at radius 2 is 1.00 bits per heavy atom. The highest BCUT2D eigenvalue weighted by Crippen LogP contribution is 2.73. The first-order valence-electron chi connectivity index (χ1n) is 25.6. The Morgan fingerprint density at radius 3 is 1.63 bits per heavy atom. The molecular weight excluding hydrogens is 929 g/mol. The lowest BCUT2D eigenvalue weighted by molar-refractivity contribution is 0.868. The van der Waals surface area contributed by atoms with Crippen LogP contribution in [0.25, 0.3) is 95.2 Å². The lowest BCUT2D eigenvalue weighted by atomic mass is 9.90. The molecule has 1 aliphatic rings. The summed E-state index contributed by atoms with van der Waals surface area (Å²) in [5.74, 6) is 1.48. The van der Waals surface area contributed by atoms with E-state index in [-0.39, 0.29) is 0 Å². The third-order valence-corrected chi connectivity index (χ3v) is 18.8. The normalized spacial score (nSPS) is 12.5. The van der Waals surface area contributed by atoms with Crippen LogP contribution in [0.1, 0.15) is 17.7 Å². The number of para-hydroxylation sites is 2. The van der Waals surface area contributed by atoms with E-state index in [2.05, 4.69) is 276 Å². The molecule has 0 aliphatic heterocycles. The van der Waals surface area contributed by atoms with Gasteiger partial charge in [0.1, 0.15) is 5.82 Å². The summed E-state index contributed by atoms with van der Waals surface area (Å²) in [5, 5.41) is 3.68. The average Bonchev–Trinajstić information content (AvgIpc) is 4.03. The highest BCUT2D eigenvalue weighted by atomic mass is 32.3. The molecule has 0 N–H and O–H groups in total. The van der Waals surface area contributed by atoms with Gasteiger partial charge in [0.25, 0.3) is 0 Å². The number of hydrogen-bond acceptors (Lipinski definition) is 2. The molecule has 10 aromatic carbocycles. The van der Waals surface area contributed by atoms with Crippen molar-refractivity contribution in [1.29, 1.82) is 0 Å². The summed E-state index contributed by atoms with van der Waals surface area (Å²) >= 11 is 0. The van der Waals surface area contributed by atoms with Crippen molar-refractivity contribution in [3.05, 3.63) is 284 Å². The minimum atomic E-state index is -1.92. The van der Waals surface area contributed by atoms with E-state index in [0.717, 1.165) is 68.9 Å². The van der Waals surface area contributed by atoms with Gasteiger partial charge in [-0.2, -0.15) is 0 Å². The number of fused-ring (bicyclic) bond motifs is 6. The van der Waals surface area contributed by atoms with Gasteiger partial charge in [0.2, 0.25) is 0 Å². The van der Waals surface area contributed by atoms with Gasteiger partial charge in [-0.1, -0.05) is 176 Å². The minimum absolute atomic E-state index is 0.652. The SMILES string of the molecule is c1ccc(-c2cccc(-c3ccccc3)c2-c2cc(-n3c4c(c5cc(-n6c7ccccc7c7ccccc76)ccc53)C=CCC4)nc(-c3ccc(S(c4ccccc4)(c4ccccc4)c4ccccc4)cc3)n2)cc#1. The monoisotopic (exact) mass is 976 g/mol. The maximum atomic E-state index is 5.67.